The monoisotopic (exact) mass is 198 g/mol. The predicted molar refractivity (Wildman–Crippen MR) is 54.0 cm³/mol. The summed E-state index contributed by atoms with van der Waals surface area (Å²) in [6, 6.07) is 0. The summed E-state index contributed by atoms with van der Waals surface area (Å²) in [5.41, 5.74) is 0.892. The van der Waals surface area contributed by atoms with Crippen molar-refractivity contribution in [1.82, 2.24) is 9.55 Å². The van der Waals surface area contributed by atoms with Gasteiger partial charge in [0, 0.05) is 20.3 Å². The third kappa shape index (κ3) is 2.82. The zero-order chi connectivity index (χ0) is 10.4. The van der Waals surface area contributed by atoms with Gasteiger partial charge in [-0.3, -0.25) is 0 Å². The number of methoxy groups -OCH3 is 1. The van der Waals surface area contributed by atoms with Gasteiger partial charge in [0.1, 0.15) is 0 Å². The summed E-state index contributed by atoms with van der Waals surface area (Å²) in [5.74, 6) is 0. The molecular weight excluding hydrogens is 180 g/mol. The highest BCUT2D eigenvalue weighted by Crippen LogP contribution is 2.17. The summed E-state index contributed by atoms with van der Waals surface area (Å²) in [6.07, 6.45) is 4.63. The minimum Gasteiger partial charge on any atom is -0.387 e. The topological polar surface area (TPSA) is 47.3 Å². The highest BCUT2D eigenvalue weighted by Gasteiger charge is 2.11. The van der Waals surface area contributed by atoms with E-state index in [-0.39, 0.29) is 0 Å². The van der Waals surface area contributed by atoms with Crippen LogP contribution in [0.3, 0.4) is 0 Å². The first-order chi connectivity index (χ1) is 6.79. The van der Waals surface area contributed by atoms with Crippen molar-refractivity contribution in [2.45, 2.75) is 32.4 Å². The molecule has 0 aliphatic heterocycles. The Balaban J connectivity index is 2.47. The molecule has 4 nitrogen and oxygen atoms in total. The first-order valence-electron chi connectivity index (χ1n) is 4.96. The number of imidazole rings is 1. The first kappa shape index (κ1) is 11.2. The van der Waals surface area contributed by atoms with E-state index in [1.165, 1.54) is 0 Å². The van der Waals surface area contributed by atoms with Crippen LogP contribution in [-0.2, 0) is 11.3 Å². The van der Waals surface area contributed by atoms with Gasteiger partial charge >= 0.3 is 0 Å². The molecule has 0 saturated heterocycles. The summed E-state index contributed by atoms with van der Waals surface area (Å²) in [5, 5.41) is 9.83. The standard InChI is InChI=1S/C10H18N2O2/c1-3-12-8-11-7-9(12)10(13)5-4-6-14-2/h7-8,10,13H,3-6H2,1-2H3. The number of nitrogens with zero attached hydrogens (tertiary/aromatic N) is 2. The quantitative estimate of drug-likeness (QED) is 0.702. The lowest BCUT2D eigenvalue weighted by Crippen LogP contribution is -2.06. The van der Waals surface area contributed by atoms with Crippen molar-refractivity contribution in [2.24, 2.45) is 0 Å². The number of aryl methyl sites for hydroxylation is 1. The lowest BCUT2D eigenvalue weighted by molar-refractivity contribution is 0.130. The fraction of sp³-hybridized carbons (Fsp3) is 0.700. The third-order valence-corrected chi connectivity index (χ3v) is 2.25. The maximum Gasteiger partial charge on any atom is 0.0956 e. The predicted octanol–water partition coefficient (Wildman–Crippen LogP) is 1.36. The highest BCUT2D eigenvalue weighted by atomic mass is 16.5. The van der Waals surface area contributed by atoms with Gasteiger partial charge in [0.05, 0.1) is 24.3 Å². The van der Waals surface area contributed by atoms with Gasteiger partial charge < -0.3 is 14.4 Å². The molecule has 0 fully saturated rings. The molecule has 1 atom stereocenters. The van der Waals surface area contributed by atoms with E-state index >= 15 is 0 Å². The maximum absolute atomic E-state index is 9.83. The van der Waals surface area contributed by atoms with E-state index in [9.17, 15) is 5.11 Å². The lowest BCUT2D eigenvalue weighted by atomic mass is 10.1. The number of hydrogen-bond acceptors (Lipinski definition) is 3. The van der Waals surface area contributed by atoms with Gasteiger partial charge in [0.2, 0.25) is 0 Å². The number of hydrogen-bond donors (Lipinski definition) is 1. The van der Waals surface area contributed by atoms with Crippen LogP contribution in [-0.4, -0.2) is 28.4 Å². The van der Waals surface area contributed by atoms with Gasteiger partial charge in [-0.15, -0.1) is 0 Å². The van der Waals surface area contributed by atoms with Crippen molar-refractivity contribution in [2.75, 3.05) is 13.7 Å². The Kier molecular flexibility index (Phi) is 4.62. The Morgan fingerprint density at radius 2 is 2.43 bits per heavy atom. The van der Waals surface area contributed by atoms with E-state index in [0.29, 0.717) is 6.61 Å². The van der Waals surface area contributed by atoms with E-state index in [4.69, 9.17) is 4.74 Å². The zero-order valence-corrected chi connectivity index (χ0v) is 8.81. The lowest BCUT2D eigenvalue weighted by Gasteiger charge is -2.11. The zero-order valence-electron chi connectivity index (χ0n) is 8.81. The largest absolute Gasteiger partial charge is 0.387 e. The fourth-order valence-corrected chi connectivity index (χ4v) is 1.44. The van der Waals surface area contributed by atoms with Crippen LogP contribution in [0.4, 0.5) is 0 Å². The van der Waals surface area contributed by atoms with Gasteiger partial charge in [-0.05, 0) is 19.8 Å². The highest BCUT2D eigenvalue weighted by molar-refractivity contribution is 5.02. The van der Waals surface area contributed by atoms with Crippen LogP contribution in [0, 0.1) is 0 Å². The van der Waals surface area contributed by atoms with Crippen molar-refractivity contribution >= 4 is 0 Å². The van der Waals surface area contributed by atoms with Crippen LogP contribution >= 0.6 is 0 Å². The molecule has 80 valence electrons. The third-order valence-electron chi connectivity index (χ3n) is 2.25. The summed E-state index contributed by atoms with van der Waals surface area (Å²) in [6.45, 7) is 3.57. The molecule has 0 saturated carbocycles. The minimum atomic E-state index is -0.424. The Morgan fingerprint density at radius 1 is 1.64 bits per heavy atom. The van der Waals surface area contributed by atoms with Crippen LogP contribution in [0.5, 0.6) is 0 Å². The smallest absolute Gasteiger partial charge is 0.0956 e. The molecule has 1 N–H and O–H groups in total. The normalized spacial score (nSPS) is 13.1. The molecule has 4 heteroatoms. The van der Waals surface area contributed by atoms with Crippen molar-refractivity contribution in [3.63, 3.8) is 0 Å². The van der Waals surface area contributed by atoms with Gasteiger partial charge in [-0.25, -0.2) is 4.98 Å². The van der Waals surface area contributed by atoms with E-state index in [2.05, 4.69) is 4.98 Å². The Hall–Kier alpha value is -0.870. The number of aliphatic hydroxyl groups excluding tert-OH is 1. The molecule has 1 rings (SSSR count). The van der Waals surface area contributed by atoms with E-state index in [1.807, 2.05) is 11.5 Å². The summed E-state index contributed by atoms with van der Waals surface area (Å²) >= 11 is 0. The second-order valence-electron chi connectivity index (χ2n) is 3.26. The number of rotatable bonds is 6. The molecule has 0 aromatic carbocycles. The number of aromatic nitrogens is 2. The van der Waals surface area contributed by atoms with Crippen LogP contribution in [0.15, 0.2) is 12.5 Å². The average Bonchev–Trinajstić information content (AvgIpc) is 2.65. The van der Waals surface area contributed by atoms with Gasteiger partial charge in [-0.1, -0.05) is 0 Å². The molecule has 1 aromatic heterocycles. The van der Waals surface area contributed by atoms with Gasteiger partial charge in [0.15, 0.2) is 0 Å². The minimum absolute atomic E-state index is 0.424. The molecule has 0 bridgehead atoms. The molecule has 1 heterocycles. The van der Waals surface area contributed by atoms with E-state index < -0.39 is 6.10 Å². The molecular formula is C10H18N2O2. The molecule has 0 radical (unpaired) electrons. The van der Waals surface area contributed by atoms with Gasteiger partial charge in [-0.2, -0.15) is 0 Å². The Labute approximate surface area is 84.5 Å². The van der Waals surface area contributed by atoms with Crippen LogP contribution < -0.4 is 0 Å². The molecule has 14 heavy (non-hydrogen) atoms. The Bertz CT molecular complexity index is 260. The van der Waals surface area contributed by atoms with Crippen LogP contribution in [0.1, 0.15) is 31.6 Å². The van der Waals surface area contributed by atoms with Gasteiger partial charge in [0.25, 0.3) is 0 Å². The maximum atomic E-state index is 9.83. The molecule has 0 spiro atoms. The molecule has 0 amide bonds. The fourth-order valence-electron chi connectivity index (χ4n) is 1.44. The van der Waals surface area contributed by atoms with E-state index in [0.717, 1.165) is 25.1 Å². The Morgan fingerprint density at radius 3 is 3.07 bits per heavy atom. The van der Waals surface area contributed by atoms with Crippen molar-refractivity contribution in [3.05, 3.63) is 18.2 Å². The number of aliphatic hydroxyl groups is 1. The second kappa shape index (κ2) is 5.78. The molecule has 1 aromatic rings. The van der Waals surface area contributed by atoms with E-state index in [1.54, 1.807) is 19.6 Å². The molecule has 0 aliphatic carbocycles. The van der Waals surface area contributed by atoms with Crippen molar-refractivity contribution in [3.8, 4) is 0 Å². The number of ether oxygens (including phenoxy) is 1. The summed E-state index contributed by atoms with van der Waals surface area (Å²) in [4.78, 5) is 4.01. The molecule has 1 unspecified atom stereocenters. The van der Waals surface area contributed by atoms with Crippen molar-refractivity contribution < 1.29 is 9.84 Å². The molecule has 0 aliphatic rings. The summed E-state index contributed by atoms with van der Waals surface area (Å²) < 4.78 is 6.89. The first-order valence-corrected chi connectivity index (χ1v) is 4.96. The van der Waals surface area contributed by atoms with Crippen LogP contribution in [0.25, 0.3) is 0 Å². The second-order valence-corrected chi connectivity index (χ2v) is 3.26. The summed E-state index contributed by atoms with van der Waals surface area (Å²) in [7, 11) is 1.67. The van der Waals surface area contributed by atoms with Crippen molar-refractivity contribution in [1.29, 1.82) is 0 Å². The average molecular weight is 198 g/mol. The van der Waals surface area contributed by atoms with Crippen LogP contribution in [0.2, 0.25) is 0 Å². The SMILES string of the molecule is CCn1cncc1C(O)CCCOC.